The molecular weight excluding hydrogens is 430 g/mol. The lowest BCUT2D eigenvalue weighted by Gasteiger charge is -2.08. The van der Waals surface area contributed by atoms with Crippen molar-refractivity contribution in [1.82, 2.24) is 14.6 Å². The van der Waals surface area contributed by atoms with Gasteiger partial charge in [-0.2, -0.15) is 14.9 Å². The molecule has 5 rings (SSSR count). The predicted molar refractivity (Wildman–Crippen MR) is 128 cm³/mol. The Morgan fingerprint density at radius 1 is 0.941 bits per heavy atom. The van der Waals surface area contributed by atoms with Crippen molar-refractivity contribution in [2.24, 2.45) is 0 Å². The zero-order valence-electron chi connectivity index (χ0n) is 18.0. The third-order valence-corrected chi connectivity index (χ3v) is 5.68. The first-order valence-corrected chi connectivity index (χ1v) is 10.4. The first kappa shape index (κ1) is 20.8. The van der Waals surface area contributed by atoms with Crippen LogP contribution in [0, 0.1) is 28.4 Å². The van der Waals surface area contributed by atoms with Crippen LogP contribution >= 0.6 is 0 Å². The number of fused-ring (bicyclic) bond motifs is 1. The topological polar surface area (TPSA) is 117 Å². The lowest BCUT2D eigenvalue weighted by molar-refractivity contribution is -0.385. The van der Waals surface area contributed by atoms with Crippen LogP contribution in [0.2, 0.25) is 0 Å². The molecule has 0 amide bonds. The van der Waals surface area contributed by atoms with Crippen molar-refractivity contribution in [2.75, 3.05) is 0 Å². The predicted octanol–water partition coefficient (Wildman–Crippen LogP) is 5.11. The molecule has 0 aliphatic carbocycles. The van der Waals surface area contributed by atoms with E-state index >= 15 is 0 Å². The fourth-order valence-corrected chi connectivity index (χ4v) is 4.14. The number of aryl methyl sites for hydroxylation is 1. The van der Waals surface area contributed by atoms with E-state index in [0.717, 1.165) is 16.7 Å². The van der Waals surface area contributed by atoms with Gasteiger partial charge in [-0.05, 0) is 30.2 Å². The summed E-state index contributed by atoms with van der Waals surface area (Å²) >= 11 is 0. The SMILES string of the molecule is Cc1[nH]c2c(-c3ccccc3)c(-c3ccccc3)nn2c(=O)c1-c1ccc([N+](=O)[O-])c(C#N)c1. The summed E-state index contributed by atoms with van der Waals surface area (Å²) in [5, 5.41) is 25.3. The third-order valence-electron chi connectivity index (χ3n) is 5.68. The number of hydrogen-bond acceptors (Lipinski definition) is 5. The van der Waals surface area contributed by atoms with Crippen LogP contribution < -0.4 is 5.56 Å². The van der Waals surface area contributed by atoms with Crippen LogP contribution in [-0.4, -0.2) is 19.5 Å². The highest BCUT2D eigenvalue weighted by molar-refractivity contribution is 5.91. The first-order chi connectivity index (χ1) is 16.5. The lowest BCUT2D eigenvalue weighted by Crippen LogP contribution is -2.19. The van der Waals surface area contributed by atoms with Gasteiger partial charge in [0.05, 0.1) is 16.1 Å². The number of nitro groups is 1. The molecule has 0 aliphatic heterocycles. The monoisotopic (exact) mass is 447 g/mol. The maximum atomic E-state index is 13.7. The third kappa shape index (κ3) is 3.32. The van der Waals surface area contributed by atoms with Gasteiger partial charge in [0.1, 0.15) is 23.0 Å². The molecule has 8 heteroatoms. The molecule has 8 nitrogen and oxygen atoms in total. The largest absolute Gasteiger partial charge is 0.343 e. The van der Waals surface area contributed by atoms with Gasteiger partial charge in [-0.3, -0.25) is 14.9 Å². The number of nitriles is 1. The van der Waals surface area contributed by atoms with Crippen molar-refractivity contribution in [2.45, 2.75) is 6.92 Å². The van der Waals surface area contributed by atoms with E-state index in [1.165, 1.54) is 22.7 Å². The Morgan fingerprint density at radius 2 is 1.59 bits per heavy atom. The Morgan fingerprint density at radius 3 is 2.21 bits per heavy atom. The second-order valence-corrected chi connectivity index (χ2v) is 7.75. The minimum atomic E-state index is -0.617. The number of rotatable bonds is 4. The number of hydrogen-bond donors (Lipinski definition) is 1. The summed E-state index contributed by atoms with van der Waals surface area (Å²) in [5.74, 6) is 0. The molecule has 2 heterocycles. The summed E-state index contributed by atoms with van der Waals surface area (Å²) in [6.45, 7) is 1.76. The second-order valence-electron chi connectivity index (χ2n) is 7.75. The van der Waals surface area contributed by atoms with E-state index in [1.54, 1.807) is 6.92 Å². The van der Waals surface area contributed by atoms with Gasteiger partial charge in [0.2, 0.25) is 0 Å². The van der Waals surface area contributed by atoms with E-state index in [0.29, 0.717) is 28.2 Å². The molecule has 0 saturated carbocycles. The van der Waals surface area contributed by atoms with Gasteiger partial charge in [0.15, 0.2) is 0 Å². The van der Waals surface area contributed by atoms with Crippen molar-refractivity contribution < 1.29 is 4.92 Å². The second kappa shape index (κ2) is 8.15. The number of aromatic nitrogens is 3. The van der Waals surface area contributed by atoms with Gasteiger partial charge in [0.25, 0.3) is 11.2 Å². The molecule has 0 saturated heterocycles. The van der Waals surface area contributed by atoms with Crippen LogP contribution in [0.1, 0.15) is 11.3 Å². The lowest BCUT2D eigenvalue weighted by atomic mass is 10.0. The van der Waals surface area contributed by atoms with Gasteiger partial charge in [0, 0.05) is 17.3 Å². The van der Waals surface area contributed by atoms with Gasteiger partial charge in [-0.15, -0.1) is 0 Å². The Balaban J connectivity index is 1.82. The van der Waals surface area contributed by atoms with Crippen LogP contribution in [0.3, 0.4) is 0 Å². The molecule has 0 radical (unpaired) electrons. The molecule has 0 bridgehead atoms. The van der Waals surface area contributed by atoms with E-state index in [9.17, 15) is 20.2 Å². The Labute approximate surface area is 193 Å². The van der Waals surface area contributed by atoms with Gasteiger partial charge in [-0.1, -0.05) is 60.7 Å². The summed E-state index contributed by atoms with van der Waals surface area (Å²) in [7, 11) is 0. The quantitative estimate of drug-likeness (QED) is 0.303. The fourth-order valence-electron chi connectivity index (χ4n) is 4.14. The molecule has 2 aromatic heterocycles. The molecule has 164 valence electrons. The van der Waals surface area contributed by atoms with Crippen LogP contribution in [-0.2, 0) is 0 Å². The number of aromatic amines is 1. The molecule has 5 aromatic rings. The average molecular weight is 447 g/mol. The van der Waals surface area contributed by atoms with Gasteiger partial charge in [-0.25, -0.2) is 0 Å². The highest BCUT2D eigenvalue weighted by Crippen LogP contribution is 2.35. The van der Waals surface area contributed by atoms with Crippen LogP contribution in [0.5, 0.6) is 0 Å². The van der Waals surface area contributed by atoms with Gasteiger partial charge < -0.3 is 4.98 Å². The Hall–Kier alpha value is -5.03. The molecule has 0 spiro atoms. The molecular formula is C26H17N5O3. The van der Waals surface area contributed by atoms with Crippen LogP contribution in [0.25, 0.3) is 39.2 Å². The van der Waals surface area contributed by atoms with Gasteiger partial charge >= 0.3 is 0 Å². The van der Waals surface area contributed by atoms with E-state index in [-0.39, 0.29) is 16.8 Å². The number of nitrogens with one attached hydrogen (secondary N) is 1. The Bertz CT molecular complexity index is 1660. The summed E-state index contributed by atoms with van der Waals surface area (Å²) < 4.78 is 1.32. The normalized spacial score (nSPS) is 10.8. The smallest absolute Gasteiger partial charge is 0.287 e. The van der Waals surface area contributed by atoms with E-state index < -0.39 is 4.92 Å². The van der Waals surface area contributed by atoms with Crippen LogP contribution in [0.15, 0.2) is 83.7 Å². The molecule has 0 fully saturated rings. The van der Waals surface area contributed by atoms with Crippen molar-refractivity contribution in [3.05, 3.63) is 111 Å². The molecule has 0 atom stereocenters. The minimum absolute atomic E-state index is 0.114. The minimum Gasteiger partial charge on any atom is -0.343 e. The summed E-state index contributed by atoms with van der Waals surface area (Å²) in [6.07, 6.45) is 0. The van der Waals surface area contributed by atoms with E-state index in [1.807, 2.05) is 66.7 Å². The molecule has 3 aromatic carbocycles. The highest BCUT2D eigenvalue weighted by atomic mass is 16.6. The zero-order chi connectivity index (χ0) is 23.8. The van der Waals surface area contributed by atoms with E-state index in [2.05, 4.69) is 10.1 Å². The summed E-state index contributed by atoms with van der Waals surface area (Å²) in [4.78, 5) is 27.6. The number of nitrogens with zero attached hydrogens (tertiary/aromatic N) is 4. The zero-order valence-corrected chi connectivity index (χ0v) is 18.0. The maximum Gasteiger partial charge on any atom is 0.287 e. The molecule has 0 aliphatic rings. The van der Waals surface area contributed by atoms with Crippen molar-refractivity contribution in [1.29, 1.82) is 5.26 Å². The average Bonchev–Trinajstić information content (AvgIpc) is 3.24. The summed E-state index contributed by atoms with van der Waals surface area (Å²) in [5.41, 5.74) is 4.20. The number of H-pyrrole nitrogens is 1. The highest BCUT2D eigenvalue weighted by Gasteiger charge is 2.22. The van der Waals surface area contributed by atoms with Crippen molar-refractivity contribution in [3.63, 3.8) is 0 Å². The number of nitro benzene ring substituents is 1. The van der Waals surface area contributed by atoms with Crippen molar-refractivity contribution >= 4 is 11.3 Å². The molecule has 1 N–H and O–H groups in total. The molecule has 34 heavy (non-hydrogen) atoms. The first-order valence-electron chi connectivity index (χ1n) is 10.4. The molecule has 0 unspecified atom stereocenters. The summed E-state index contributed by atoms with van der Waals surface area (Å²) in [6, 6.07) is 25.2. The van der Waals surface area contributed by atoms with E-state index in [4.69, 9.17) is 0 Å². The maximum absolute atomic E-state index is 13.7. The number of benzene rings is 3. The van der Waals surface area contributed by atoms with Crippen molar-refractivity contribution in [3.8, 4) is 39.6 Å². The standard InChI is InChI=1S/C26H17N5O3/c1-16-22(19-12-13-21(31(33)34)20(14-19)15-27)26(32)30-25(28-16)23(17-8-4-2-5-9-17)24(29-30)18-10-6-3-7-11-18/h2-14,28H,1H3. The Kier molecular flexibility index (Phi) is 5.00. The van der Waals surface area contributed by atoms with Crippen LogP contribution in [0.4, 0.5) is 5.69 Å². The fraction of sp³-hybridized carbons (Fsp3) is 0.0385.